The Balaban J connectivity index is 1.48. The fourth-order valence-electron chi connectivity index (χ4n) is 4.17. The van der Waals surface area contributed by atoms with Crippen molar-refractivity contribution in [3.63, 3.8) is 0 Å². The van der Waals surface area contributed by atoms with E-state index in [1.165, 1.54) is 0 Å². The molecule has 0 N–H and O–H groups in total. The van der Waals surface area contributed by atoms with Gasteiger partial charge in [-0.05, 0) is 5.92 Å². The topological polar surface area (TPSA) is 62.3 Å². The van der Waals surface area contributed by atoms with Crippen molar-refractivity contribution in [1.29, 1.82) is 0 Å². The molecule has 0 unspecified atom stereocenters. The number of hydrogen-bond donors (Lipinski definition) is 0. The van der Waals surface area contributed by atoms with Crippen LogP contribution in [0.15, 0.2) is 0 Å². The van der Waals surface area contributed by atoms with Crippen molar-refractivity contribution in [3.8, 4) is 0 Å². The molecular formula is C19H33N3O4. The molecule has 0 aromatic rings. The largest absolute Gasteiger partial charge is 0.441 e. The molecule has 0 aromatic heterocycles. The van der Waals surface area contributed by atoms with E-state index in [0.717, 1.165) is 45.3 Å². The highest BCUT2D eigenvalue weighted by Crippen LogP contribution is 2.34. The minimum atomic E-state index is -0.390. The molecule has 3 rings (SSSR count). The number of likely N-dealkylation sites (tertiary alicyclic amines) is 1. The van der Waals surface area contributed by atoms with Gasteiger partial charge < -0.3 is 19.3 Å². The van der Waals surface area contributed by atoms with Gasteiger partial charge in [-0.25, -0.2) is 4.79 Å². The zero-order valence-electron chi connectivity index (χ0n) is 16.2. The number of ether oxygens (including phenoxy) is 2. The number of rotatable bonds is 6. The summed E-state index contributed by atoms with van der Waals surface area (Å²) in [5, 5.41) is 0. The van der Waals surface area contributed by atoms with E-state index >= 15 is 0 Å². The molecule has 0 bridgehead atoms. The van der Waals surface area contributed by atoms with Crippen molar-refractivity contribution in [2.75, 3.05) is 59.0 Å². The summed E-state index contributed by atoms with van der Waals surface area (Å²) in [5.41, 5.74) is -0.390. The van der Waals surface area contributed by atoms with Gasteiger partial charge in [0.1, 0.15) is 5.60 Å². The standard InChI is InChI=1S/C19H33N3O4/c1-3-16(4-2)13-22-15-19(26-18(22)24)5-7-21(8-6-19)17(23)14-20-9-11-25-12-10-20/h16H,3-15H2,1-2H3. The molecule has 0 aliphatic carbocycles. The predicted octanol–water partition coefficient (Wildman–Crippen LogP) is 1.57. The van der Waals surface area contributed by atoms with E-state index in [9.17, 15) is 9.59 Å². The van der Waals surface area contributed by atoms with Gasteiger partial charge in [-0.3, -0.25) is 9.69 Å². The van der Waals surface area contributed by atoms with E-state index in [-0.39, 0.29) is 12.0 Å². The summed E-state index contributed by atoms with van der Waals surface area (Å²) < 4.78 is 11.1. The van der Waals surface area contributed by atoms with Gasteiger partial charge in [-0.15, -0.1) is 0 Å². The van der Waals surface area contributed by atoms with Crippen molar-refractivity contribution in [3.05, 3.63) is 0 Å². The van der Waals surface area contributed by atoms with E-state index in [0.29, 0.717) is 45.3 Å². The fourth-order valence-corrected chi connectivity index (χ4v) is 4.17. The van der Waals surface area contributed by atoms with Gasteiger partial charge in [0.05, 0.1) is 26.3 Å². The molecule has 7 nitrogen and oxygen atoms in total. The average molecular weight is 367 g/mol. The minimum Gasteiger partial charge on any atom is -0.441 e. The number of carbonyl (C=O) groups excluding carboxylic acids is 2. The van der Waals surface area contributed by atoms with Crippen LogP contribution in [0.4, 0.5) is 4.79 Å². The molecule has 0 atom stereocenters. The van der Waals surface area contributed by atoms with Crippen LogP contribution in [0.3, 0.4) is 0 Å². The highest BCUT2D eigenvalue weighted by atomic mass is 16.6. The lowest BCUT2D eigenvalue weighted by Crippen LogP contribution is -2.51. The lowest BCUT2D eigenvalue weighted by Gasteiger charge is -2.38. The zero-order valence-corrected chi connectivity index (χ0v) is 16.2. The smallest absolute Gasteiger partial charge is 0.410 e. The lowest BCUT2D eigenvalue weighted by molar-refractivity contribution is -0.136. The maximum absolute atomic E-state index is 12.5. The second kappa shape index (κ2) is 8.57. The fraction of sp³-hybridized carbons (Fsp3) is 0.895. The Labute approximate surface area is 156 Å². The SMILES string of the molecule is CCC(CC)CN1CC2(CCN(C(=O)CN3CCOCC3)CC2)OC1=O. The van der Waals surface area contributed by atoms with Gasteiger partial charge in [0, 0.05) is 45.6 Å². The van der Waals surface area contributed by atoms with Crippen molar-refractivity contribution < 1.29 is 19.1 Å². The van der Waals surface area contributed by atoms with Crippen molar-refractivity contribution in [1.82, 2.24) is 14.7 Å². The van der Waals surface area contributed by atoms with Crippen molar-refractivity contribution in [2.45, 2.75) is 45.1 Å². The summed E-state index contributed by atoms with van der Waals surface area (Å²) in [6.45, 7) is 10.7. The minimum absolute atomic E-state index is 0.176. The number of amides is 2. The average Bonchev–Trinajstić information content (AvgIpc) is 2.95. The Kier molecular flexibility index (Phi) is 6.40. The number of carbonyl (C=O) groups is 2. The number of morpholine rings is 1. The molecule has 3 fully saturated rings. The van der Waals surface area contributed by atoms with Crippen molar-refractivity contribution in [2.24, 2.45) is 5.92 Å². The second-order valence-electron chi connectivity index (χ2n) is 7.88. The quantitative estimate of drug-likeness (QED) is 0.713. The predicted molar refractivity (Wildman–Crippen MR) is 97.9 cm³/mol. The molecule has 3 saturated heterocycles. The molecule has 1 spiro atoms. The van der Waals surface area contributed by atoms with Crippen LogP contribution in [-0.4, -0.2) is 91.3 Å². The summed E-state index contributed by atoms with van der Waals surface area (Å²) in [7, 11) is 0. The Morgan fingerprint density at radius 1 is 1.12 bits per heavy atom. The van der Waals surface area contributed by atoms with Crippen LogP contribution in [0.2, 0.25) is 0 Å². The molecule has 7 heteroatoms. The third-order valence-corrected chi connectivity index (χ3v) is 6.16. The molecule has 148 valence electrons. The maximum Gasteiger partial charge on any atom is 0.410 e. The highest BCUT2D eigenvalue weighted by molar-refractivity contribution is 5.78. The third-order valence-electron chi connectivity index (χ3n) is 6.16. The summed E-state index contributed by atoms with van der Waals surface area (Å²) in [6.07, 6.45) is 3.47. The Morgan fingerprint density at radius 3 is 2.38 bits per heavy atom. The maximum atomic E-state index is 12.5. The number of hydrogen-bond acceptors (Lipinski definition) is 5. The Morgan fingerprint density at radius 2 is 1.77 bits per heavy atom. The molecule has 3 heterocycles. The molecule has 3 aliphatic rings. The second-order valence-corrected chi connectivity index (χ2v) is 7.88. The first-order valence-corrected chi connectivity index (χ1v) is 10.1. The third kappa shape index (κ3) is 4.49. The number of nitrogens with zero attached hydrogens (tertiary/aromatic N) is 3. The monoisotopic (exact) mass is 367 g/mol. The van der Waals surface area contributed by atoms with Crippen LogP contribution < -0.4 is 0 Å². The summed E-state index contributed by atoms with van der Waals surface area (Å²) >= 11 is 0. The van der Waals surface area contributed by atoms with Gasteiger partial charge in [-0.1, -0.05) is 26.7 Å². The van der Waals surface area contributed by atoms with Crippen LogP contribution in [0.25, 0.3) is 0 Å². The summed E-state index contributed by atoms with van der Waals surface area (Å²) in [5.74, 6) is 0.716. The summed E-state index contributed by atoms with van der Waals surface area (Å²) in [6, 6.07) is 0. The van der Waals surface area contributed by atoms with E-state index in [4.69, 9.17) is 9.47 Å². The first-order chi connectivity index (χ1) is 12.5. The first kappa shape index (κ1) is 19.4. The number of piperidine rings is 1. The van der Waals surface area contributed by atoms with Gasteiger partial charge in [-0.2, -0.15) is 0 Å². The van der Waals surface area contributed by atoms with Gasteiger partial charge >= 0.3 is 6.09 Å². The molecular weight excluding hydrogens is 334 g/mol. The van der Waals surface area contributed by atoms with Crippen LogP contribution >= 0.6 is 0 Å². The Bertz CT molecular complexity index is 495. The van der Waals surface area contributed by atoms with Crippen molar-refractivity contribution >= 4 is 12.0 Å². The van der Waals surface area contributed by atoms with E-state index in [1.54, 1.807) is 0 Å². The lowest BCUT2D eigenvalue weighted by atomic mass is 9.91. The van der Waals surface area contributed by atoms with E-state index < -0.39 is 5.60 Å². The van der Waals surface area contributed by atoms with Crippen LogP contribution in [0, 0.1) is 5.92 Å². The Hall–Kier alpha value is -1.34. The zero-order chi connectivity index (χ0) is 18.6. The summed E-state index contributed by atoms with van der Waals surface area (Å²) in [4.78, 5) is 30.8. The molecule has 0 aromatic carbocycles. The molecule has 26 heavy (non-hydrogen) atoms. The normalized spacial score (nSPS) is 23.7. The van der Waals surface area contributed by atoms with Gasteiger partial charge in [0.15, 0.2) is 0 Å². The molecule has 0 saturated carbocycles. The van der Waals surface area contributed by atoms with Gasteiger partial charge in [0.25, 0.3) is 0 Å². The highest BCUT2D eigenvalue weighted by Gasteiger charge is 2.47. The van der Waals surface area contributed by atoms with Crippen LogP contribution in [-0.2, 0) is 14.3 Å². The molecule has 0 radical (unpaired) electrons. The first-order valence-electron chi connectivity index (χ1n) is 10.1. The van der Waals surface area contributed by atoms with Gasteiger partial charge in [0.2, 0.25) is 5.91 Å². The molecule has 3 aliphatic heterocycles. The van der Waals surface area contributed by atoms with Crippen LogP contribution in [0.1, 0.15) is 39.5 Å². The molecule has 2 amide bonds. The van der Waals surface area contributed by atoms with E-state index in [1.807, 2.05) is 9.80 Å². The van der Waals surface area contributed by atoms with E-state index in [2.05, 4.69) is 18.7 Å². The van der Waals surface area contributed by atoms with Crippen LogP contribution in [0.5, 0.6) is 0 Å².